The third-order valence-electron chi connectivity index (χ3n) is 3.31. The number of fused-ring (bicyclic) bond motifs is 1. The first-order chi connectivity index (χ1) is 10.5. The second-order valence-corrected chi connectivity index (χ2v) is 8.31. The summed E-state index contributed by atoms with van der Waals surface area (Å²) in [7, 11) is -3.37. The molecule has 0 spiro atoms. The minimum Gasteiger partial charge on any atom is -0.460 e. The van der Waals surface area contributed by atoms with Crippen LogP contribution in [0.15, 0.2) is 28.0 Å². The van der Waals surface area contributed by atoms with E-state index in [9.17, 15) is 18.7 Å². The number of esters is 1. The highest BCUT2D eigenvalue weighted by atomic mass is 32.3. The molecule has 1 heterocycles. The van der Waals surface area contributed by atoms with E-state index in [0.717, 1.165) is 5.56 Å². The van der Waals surface area contributed by atoms with Gasteiger partial charge in [0.1, 0.15) is 10.5 Å². The molecule has 1 aromatic carbocycles. The highest BCUT2D eigenvalue weighted by Crippen LogP contribution is 2.61. The van der Waals surface area contributed by atoms with Gasteiger partial charge < -0.3 is 10.5 Å². The van der Waals surface area contributed by atoms with Gasteiger partial charge >= 0.3 is 5.97 Å². The Morgan fingerprint density at radius 2 is 1.91 bits per heavy atom. The SMILES string of the molecule is CC(C)(C)OC(=O)CCc1cccc2c1C=C(C(N)=O)S2(O)O. The van der Waals surface area contributed by atoms with Gasteiger partial charge in [-0.1, -0.05) is 12.1 Å². The summed E-state index contributed by atoms with van der Waals surface area (Å²) >= 11 is 0. The topological polar surface area (TPSA) is 110 Å². The standard InChI is InChI=1S/C16H21NO5S/c1-16(2,3)22-14(18)8-7-10-5-4-6-12-11(10)9-13(15(17)19)23(12,20)21/h4-6,9,20-21H,7-8H2,1-3H3,(H2,17,19). The average molecular weight is 339 g/mol. The highest BCUT2D eigenvalue weighted by Gasteiger charge is 2.34. The van der Waals surface area contributed by atoms with Gasteiger partial charge in [-0.15, -0.1) is 10.6 Å². The predicted molar refractivity (Wildman–Crippen MR) is 88.9 cm³/mol. The number of ether oxygens (including phenoxy) is 1. The van der Waals surface area contributed by atoms with Crippen LogP contribution in [0.3, 0.4) is 0 Å². The maximum absolute atomic E-state index is 11.8. The van der Waals surface area contributed by atoms with Gasteiger partial charge in [0.15, 0.2) is 0 Å². The smallest absolute Gasteiger partial charge is 0.306 e. The second kappa shape index (κ2) is 5.99. The minimum absolute atomic E-state index is 0.159. The number of rotatable bonds is 4. The van der Waals surface area contributed by atoms with Crippen molar-refractivity contribution in [3.63, 3.8) is 0 Å². The maximum atomic E-state index is 11.8. The molecule has 23 heavy (non-hydrogen) atoms. The third kappa shape index (κ3) is 3.74. The van der Waals surface area contributed by atoms with E-state index in [-0.39, 0.29) is 22.2 Å². The predicted octanol–water partition coefficient (Wildman–Crippen LogP) is 2.91. The lowest BCUT2D eigenvalue weighted by molar-refractivity contribution is -0.154. The fourth-order valence-electron chi connectivity index (χ4n) is 2.39. The average Bonchev–Trinajstić information content (AvgIpc) is 2.67. The molecule has 0 saturated carbocycles. The Bertz CT molecular complexity index is 688. The first kappa shape index (κ1) is 17.5. The normalized spacial score (nSPS) is 17.2. The van der Waals surface area contributed by atoms with Crippen LogP contribution in [0.1, 0.15) is 38.3 Å². The largest absolute Gasteiger partial charge is 0.460 e. The van der Waals surface area contributed by atoms with Crippen LogP contribution in [-0.4, -0.2) is 26.6 Å². The van der Waals surface area contributed by atoms with E-state index in [1.165, 1.54) is 6.08 Å². The molecule has 126 valence electrons. The van der Waals surface area contributed by atoms with Crippen molar-refractivity contribution in [2.75, 3.05) is 0 Å². The van der Waals surface area contributed by atoms with E-state index in [4.69, 9.17) is 10.5 Å². The van der Waals surface area contributed by atoms with Crippen LogP contribution in [0.4, 0.5) is 0 Å². The Morgan fingerprint density at radius 3 is 2.48 bits per heavy atom. The molecule has 1 aliphatic heterocycles. The summed E-state index contributed by atoms with van der Waals surface area (Å²) in [5.74, 6) is -1.20. The number of nitrogens with two attached hydrogens (primary N) is 1. The van der Waals surface area contributed by atoms with E-state index >= 15 is 0 Å². The number of benzene rings is 1. The maximum Gasteiger partial charge on any atom is 0.306 e. The molecule has 1 amide bonds. The Kier molecular flexibility index (Phi) is 4.57. The van der Waals surface area contributed by atoms with Crippen molar-refractivity contribution in [1.82, 2.24) is 0 Å². The van der Waals surface area contributed by atoms with Gasteiger partial charge in [-0.3, -0.25) is 18.7 Å². The second-order valence-electron chi connectivity index (χ2n) is 6.34. The Hall–Kier alpha value is -1.83. The highest BCUT2D eigenvalue weighted by molar-refractivity contribution is 8.28. The molecule has 7 heteroatoms. The molecular formula is C16H21NO5S. The molecule has 6 nitrogen and oxygen atoms in total. The molecule has 1 aromatic rings. The van der Waals surface area contributed by atoms with E-state index < -0.39 is 22.1 Å². The van der Waals surface area contributed by atoms with E-state index in [1.807, 2.05) is 0 Å². The minimum atomic E-state index is -3.37. The first-order valence-corrected chi connectivity index (χ1v) is 8.70. The molecule has 4 N–H and O–H groups in total. The van der Waals surface area contributed by atoms with Crippen LogP contribution >= 0.6 is 10.6 Å². The van der Waals surface area contributed by atoms with Crippen molar-refractivity contribution in [2.45, 2.75) is 44.1 Å². The van der Waals surface area contributed by atoms with Gasteiger partial charge in [0, 0.05) is 12.0 Å². The van der Waals surface area contributed by atoms with Crippen LogP contribution in [0.2, 0.25) is 0 Å². The van der Waals surface area contributed by atoms with Gasteiger partial charge in [-0.25, -0.2) is 0 Å². The van der Waals surface area contributed by atoms with Gasteiger partial charge in [0.2, 0.25) is 0 Å². The van der Waals surface area contributed by atoms with Crippen molar-refractivity contribution in [3.05, 3.63) is 34.2 Å². The lowest BCUT2D eigenvalue weighted by Crippen LogP contribution is -2.24. The fraction of sp³-hybridized carbons (Fsp3) is 0.375. The summed E-state index contributed by atoms with van der Waals surface area (Å²) < 4.78 is 25.7. The van der Waals surface area contributed by atoms with Crippen molar-refractivity contribution >= 4 is 28.5 Å². The van der Waals surface area contributed by atoms with Gasteiger partial charge in [-0.2, -0.15) is 0 Å². The lowest BCUT2D eigenvalue weighted by atomic mass is 10.0. The summed E-state index contributed by atoms with van der Waals surface area (Å²) in [6.45, 7) is 5.38. The molecule has 0 unspecified atom stereocenters. The number of hydrogen-bond donors (Lipinski definition) is 3. The summed E-state index contributed by atoms with van der Waals surface area (Å²) in [5.41, 5.74) is 5.95. The Balaban J connectivity index is 2.23. The number of aryl methyl sites for hydroxylation is 1. The zero-order chi connectivity index (χ0) is 17.4. The van der Waals surface area contributed by atoms with Gasteiger partial charge in [0.05, 0.1) is 4.90 Å². The zero-order valence-corrected chi connectivity index (χ0v) is 14.1. The number of hydrogen-bond acceptors (Lipinski definition) is 5. The summed E-state index contributed by atoms with van der Waals surface area (Å²) in [5, 5.41) is 0. The summed E-state index contributed by atoms with van der Waals surface area (Å²) in [6.07, 6.45) is 1.93. The fourth-order valence-corrected chi connectivity index (χ4v) is 3.96. The monoisotopic (exact) mass is 339 g/mol. The van der Waals surface area contributed by atoms with Crippen molar-refractivity contribution < 1.29 is 23.4 Å². The lowest BCUT2D eigenvalue weighted by Gasteiger charge is -2.29. The quantitative estimate of drug-likeness (QED) is 0.731. The molecule has 1 aliphatic rings. The molecular weight excluding hydrogens is 318 g/mol. The molecule has 0 aliphatic carbocycles. The van der Waals surface area contributed by atoms with E-state index in [1.54, 1.807) is 39.0 Å². The molecule has 2 rings (SSSR count). The third-order valence-corrected chi connectivity index (χ3v) is 5.21. The number of amides is 1. The van der Waals surface area contributed by atoms with E-state index in [2.05, 4.69) is 0 Å². The van der Waals surface area contributed by atoms with Crippen LogP contribution in [0.5, 0.6) is 0 Å². The molecule has 0 aromatic heterocycles. The Labute approximate surface area is 136 Å². The van der Waals surface area contributed by atoms with Crippen LogP contribution < -0.4 is 5.73 Å². The molecule has 0 saturated heterocycles. The van der Waals surface area contributed by atoms with Gasteiger partial charge in [-0.05, 0) is 44.9 Å². The van der Waals surface area contributed by atoms with Crippen LogP contribution in [-0.2, 0) is 20.7 Å². The molecule has 0 radical (unpaired) electrons. The van der Waals surface area contributed by atoms with Crippen molar-refractivity contribution in [2.24, 2.45) is 5.73 Å². The van der Waals surface area contributed by atoms with E-state index in [0.29, 0.717) is 12.0 Å². The summed E-state index contributed by atoms with van der Waals surface area (Å²) in [6, 6.07) is 4.99. The molecule has 0 bridgehead atoms. The molecule has 0 fully saturated rings. The summed E-state index contributed by atoms with van der Waals surface area (Å²) in [4.78, 5) is 23.3. The van der Waals surface area contributed by atoms with Crippen molar-refractivity contribution in [1.29, 1.82) is 0 Å². The molecule has 0 atom stereocenters. The number of primary amides is 1. The Morgan fingerprint density at radius 1 is 1.26 bits per heavy atom. The number of carbonyl (C=O) groups excluding carboxylic acids is 2. The van der Waals surface area contributed by atoms with Crippen LogP contribution in [0.25, 0.3) is 6.08 Å². The van der Waals surface area contributed by atoms with Crippen LogP contribution in [0, 0.1) is 0 Å². The van der Waals surface area contributed by atoms with Crippen molar-refractivity contribution in [3.8, 4) is 0 Å². The first-order valence-electron chi connectivity index (χ1n) is 7.16. The van der Waals surface area contributed by atoms with Gasteiger partial charge in [0.25, 0.3) is 5.91 Å². The zero-order valence-electron chi connectivity index (χ0n) is 13.3. The number of carbonyl (C=O) groups is 2.